The summed E-state index contributed by atoms with van der Waals surface area (Å²) >= 11 is 0. The van der Waals surface area contributed by atoms with Crippen molar-refractivity contribution in [1.29, 1.82) is 0 Å². The zero-order valence-electron chi connectivity index (χ0n) is 15.6. The van der Waals surface area contributed by atoms with Crippen LogP contribution in [0.15, 0.2) is 41.2 Å². The third kappa shape index (κ3) is 3.28. The first-order valence-electron chi connectivity index (χ1n) is 9.90. The summed E-state index contributed by atoms with van der Waals surface area (Å²) < 4.78 is 0. The van der Waals surface area contributed by atoms with Crippen LogP contribution in [0.25, 0.3) is 10.9 Å². The number of benzene rings is 1. The lowest BCUT2D eigenvalue weighted by Gasteiger charge is -2.32. The number of rotatable bonds is 4. The first kappa shape index (κ1) is 17.0. The van der Waals surface area contributed by atoms with Crippen molar-refractivity contribution in [1.82, 2.24) is 20.5 Å². The van der Waals surface area contributed by atoms with Gasteiger partial charge in [-0.1, -0.05) is 18.2 Å². The van der Waals surface area contributed by atoms with Crippen molar-refractivity contribution in [2.45, 2.75) is 37.6 Å². The van der Waals surface area contributed by atoms with E-state index >= 15 is 0 Å². The Morgan fingerprint density at radius 2 is 1.89 bits per heavy atom. The number of nitrogens with one attached hydrogen (secondary N) is 3. The Hall–Kier alpha value is -3.09. The molecule has 0 atom stereocenters. The molecule has 3 aromatic rings. The molecule has 0 bridgehead atoms. The number of aromatic amines is 2. The van der Waals surface area contributed by atoms with Crippen molar-refractivity contribution in [3.05, 3.63) is 58.0 Å². The second-order valence-electron chi connectivity index (χ2n) is 7.78. The first-order chi connectivity index (χ1) is 13.7. The molecule has 2 fully saturated rings. The lowest BCUT2D eigenvalue weighted by atomic mass is 10.0. The topological polar surface area (TPSA) is 93.9 Å². The first-order valence-corrected chi connectivity index (χ1v) is 9.90. The van der Waals surface area contributed by atoms with Gasteiger partial charge in [0.05, 0.1) is 5.56 Å². The molecule has 144 valence electrons. The Kier molecular flexibility index (Phi) is 4.15. The van der Waals surface area contributed by atoms with Crippen molar-refractivity contribution >= 4 is 22.6 Å². The maximum atomic E-state index is 12.8. The van der Waals surface area contributed by atoms with Gasteiger partial charge in [0.2, 0.25) is 5.56 Å². The molecule has 7 heteroatoms. The van der Waals surface area contributed by atoms with E-state index in [0.29, 0.717) is 17.0 Å². The number of pyridine rings is 1. The van der Waals surface area contributed by atoms with Crippen LogP contribution in [0.3, 0.4) is 0 Å². The van der Waals surface area contributed by atoms with Gasteiger partial charge >= 0.3 is 0 Å². The molecule has 2 aromatic heterocycles. The van der Waals surface area contributed by atoms with Gasteiger partial charge in [0, 0.05) is 53.8 Å². The Bertz CT molecular complexity index is 1070. The lowest BCUT2D eigenvalue weighted by Crippen LogP contribution is -2.45. The molecule has 3 heterocycles. The average molecular weight is 377 g/mol. The Balaban J connectivity index is 1.25. The van der Waals surface area contributed by atoms with Crippen LogP contribution in [0.1, 0.15) is 47.7 Å². The molecular formula is C21H23N5O2. The summed E-state index contributed by atoms with van der Waals surface area (Å²) in [6.45, 7) is 1.71. The van der Waals surface area contributed by atoms with Crippen molar-refractivity contribution in [3.8, 4) is 0 Å². The summed E-state index contributed by atoms with van der Waals surface area (Å²) in [5, 5.41) is 11.5. The second kappa shape index (κ2) is 6.82. The van der Waals surface area contributed by atoms with Crippen LogP contribution in [0.4, 0.5) is 5.82 Å². The molecule has 0 radical (unpaired) electrons. The highest BCUT2D eigenvalue weighted by atomic mass is 16.2. The van der Waals surface area contributed by atoms with Gasteiger partial charge in [-0.05, 0) is 31.7 Å². The second-order valence-corrected chi connectivity index (χ2v) is 7.78. The predicted molar refractivity (Wildman–Crippen MR) is 108 cm³/mol. The van der Waals surface area contributed by atoms with Crippen molar-refractivity contribution in [2.24, 2.45) is 0 Å². The highest BCUT2D eigenvalue weighted by Gasteiger charge is 2.28. The van der Waals surface area contributed by atoms with Crippen LogP contribution in [0.5, 0.6) is 0 Å². The number of para-hydroxylation sites is 1. The van der Waals surface area contributed by atoms with E-state index in [4.69, 9.17) is 0 Å². The number of carbonyl (C=O) groups excluding carboxylic acids is 1. The summed E-state index contributed by atoms with van der Waals surface area (Å²) in [5.41, 5.74) is 2.10. The Morgan fingerprint density at radius 1 is 1.11 bits per heavy atom. The van der Waals surface area contributed by atoms with Crippen molar-refractivity contribution in [2.75, 3.05) is 18.0 Å². The number of nitrogens with zero attached hydrogens (tertiary/aromatic N) is 2. The zero-order valence-corrected chi connectivity index (χ0v) is 15.6. The minimum absolute atomic E-state index is 0.101. The fraction of sp³-hybridized carbons (Fsp3) is 0.381. The highest BCUT2D eigenvalue weighted by Crippen LogP contribution is 2.40. The van der Waals surface area contributed by atoms with Crippen molar-refractivity contribution < 1.29 is 4.79 Å². The quantitative estimate of drug-likeness (QED) is 0.651. The van der Waals surface area contributed by atoms with Crippen LogP contribution in [-0.4, -0.2) is 40.2 Å². The molecule has 7 nitrogen and oxygen atoms in total. The summed E-state index contributed by atoms with van der Waals surface area (Å²) in [6, 6.07) is 11.0. The standard InChI is InChI=1S/C21H23N5O2/c27-20-11-16(15-3-1-2-4-17(15)23-20)21(28)22-14-7-9-26(10-8-14)19-12-18(24-25-19)13-5-6-13/h1-4,11-14H,5-10H2,(H,22,28)(H,23,27)(H,24,25). The lowest BCUT2D eigenvalue weighted by molar-refractivity contribution is 0.0932. The van der Waals surface area contributed by atoms with Gasteiger partial charge in [-0.25, -0.2) is 0 Å². The third-order valence-electron chi connectivity index (χ3n) is 5.75. The normalized spacial score (nSPS) is 17.8. The van der Waals surface area contributed by atoms with Crippen LogP contribution < -0.4 is 15.8 Å². The molecule has 0 spiro atoms. The van der Waals surface area contributed by atoms with Crippen LogP contribution in [0, 0.1) is 0 Å². The number of carbonyl (C=O) groups is 1. The largest absolute Gasteiger partial charge is 0.355 e. The maximum absolute atomic E-state index is 12.8. The number of fused-ring (bicyclic) bond motifs is 1. The number of amides is 1. The Morgan fingerprint density at radius 3 is 2.68 bits per heavy atom. The third-order valence-corrected chi connectivity index (χ3v) is 5.75. The maximum Gasteiger partial charge on any atom is 0.252 e. The van der Waals surface area contributed by atoms with E-state index in [0.717, 1.165) is 37.1 Å². The molecule has 28 heavy (non-hydrogen) atoms. The van der Waals surface area contributed by atoms with Gasteiger partial charge < -0.3 is 15.2 Å². The van der Waals surface area contributed by atoms with Gasteiger partial charge in [-0.3, -0.25) is 14.7 Å². The molecule has 3 N–H and O–H groups in total. The van der Waals surface area contributed by atoms with E-state index in [9.17, 15) is 9.59 Å². The number of piperidine rings is 1. The highest BCUT2D eigenvalue weighted by molar-refractivity contribution is 6.06. The smallest absolute Gasteiger partial charge is 0.252 e. The van der Waals surface area contributed by atoms with E-state index in [1.54, 1.807) is 0 Å². The minimum Gasteiger partial charge on any atom is -0.355 e. The zero-order chi connectivity index (χ0) is 19.1. The number of aromatic nitrogens is 3. The van der Waals surface area contributed by atoms with Gasteiger partial charge in [0.15, 0.2) is 5.82 Å². The SMILES string of the molecule is O=C(NC1CCN(c2cc(C3CC3)[nH]n2)CC1)c1cc(=O)[nH]c2ccccc12. The average Bonchev–Trinajstić information content (AvgIpc) is 3.45. The molecule has 1 aliphatic heterocycles. The molecule has 1 aromatic carbocycles. The molecule has 1 saturated carbocycles. The van der Waals surface area contributed by atoms with Gasteiger partial charge in [-0.15, -0.1) is 0 Å². The van der Waals surface area contributed by atoms with E-state index in [1.807, 2.05) is 24.3 Å². The molecule has 2 aliphatic rings. The predicted octanol–water partition coefficient (Wildman–Crippen LogP) is 2.53. The van der Waals surface area contributed by atoms with Crippen LogP contribution >= 0.6 is 0 Å². The number of anilines is 1. The van der Waals surface area contributed by atoms with Crippen molar-refractivity contribution in [3.63, 3.8) is 0 Å². The van der Waals surface area contributed by atoms with E-state index < -0.39 is 0 Å². The molecule has 1 aliphatic carbocycles. The molecule has 5 rings (SSSR count). The minimum atomic E-state index is -0.260. The van der Waals surface area contributed by atoms with E-state index in [2.05, 4.69) is 31.5 Å². The number of hydrogen-bond donors (Lipinski definition) is 3. The Labute approximate surface area is 162 Å². The van der Waals surface area contributed by atoms with Gasteiger partial charge in [-0.2, -0.15) is 5.10 Å². The van der Waals surface area contributed by atoms with Gasteiger partial charge in [0.1, 0.15) is 0 Å². The summed E-state index contributed by atoms with van der Waals surface area (Å²) in [5.74, 6) is 1.49. The van der Waals surface area contributed by atoms with Gasteiger partial charge in [0.25, 0.3) is 5.91 Å². The van der Waals surface area contributed by atoms with Crippen LogP contribution in [0.2, 0.25) is 0 Å². The fourth-order valence-corrected chi connectivity index (χ4v) is 4.00. The summed E-state index contributed by atoms with van der Waals surface area (Å²) in [7, 11) is 0. The van der Waals surface area contributed by atoms with Crippen LogP contribution in [-0.2, 0) is 0 Å². The summed E-state index contributed by atoms with van der Waals surface area (Å²) in [4.78, 5) is 29.8. The molecular weight excluding hydrogens is 354 g/mol. The van der Waals surface area contributed by atoms with E-state index in [1.165, 1.54) is 24.6 Å². The molecule has 1 amide bonds. The number of H-pyrrole nitrogens is 2. The molecule has 0 unspecified atom stereocenters. The summed E-state index contributed by atoms with van der Waals surface area (Å²) in [6.07, 6.45) is 4.23. The number of hydrogen-bond acceptors (Lipinski definition) is 4. The molecule has 1 saturated heterocycles. The fourth-order valence-electron chi connectivity index (χ4n) is 4.00. The monoisotopic (exact) mass is 377 g/mol. The van der Waals surface area contributed by atoms with E-state index in [-0.39, 0.29) is 17.5 Å².